The third kappa shape index (κ3) is 3.24. The van der Waals surface area contributed by atoms with E-state index < -0.39 is 10.0 Å². The number of halogens is 1. The summed E-state index contributed by atoms with van der Waals surface area (Å²) in [4.78, 5) is 1.41. The number of nitrogens with one attached hydrogen (secondary N) is 1. The van der Waals surface area contributed by atoms with Crippen molar-refractivity contribution < 1.29 is 8.42 Å². The van der Waals surface area contributed by atoms with Gasteiger partial charge in [-0.25, -0.2) is 8.42 Å². The first kappa shape index (κ1) is 17.1. The number of thioether (sulfide) groups is 1. The maximum absolute atomic E-state index is 12.7. The SMILES string of the molecule is CSc1cccc(S(=O)(=O)N2CCC3(CCNC3)C2)c1.Cl. The van der Waals surface area contributed by atoms with Gasteiger partial charge < -0.3 is 5.32 Å². The molecule has 1 spiro atoms. The Labute approximate surface area is 137 Å². The zero-order valence-corrected chi connectivity index (χ0v) is 14.5. The molecule has 7 heteroatoms. The van der Waals surface area contributed by atoms with Crippen LogP contribution in [-0.4, -0.2) is 45.2 Å². The van der Waals surface area contributed by atoms with Gasteiger partial charge in [-0.3, -0.25) is 0 Å². The molecule has 4 nitrogen and oxygen atoms in total. The van der Waals surface area contributed by atoms with E-state index in [1.165, 1.54) is 0 Å². The van der Waals surface area contributed by atoms with E-state index in [4.69, 9.17) is 0 Å². The summed E-state index contributed by atoms with van der Waals surface area (Å²) in [6, 6.07) is 7.24. The minimum Gasteiger partial charge on any atom is -0.316 e. The van der Waals surface area contributed by atoms with E-state index in [0.717, 1.165) is 30.8 Å². The van der Waals surface area contributed by atoms with Crippen molar-refractivity contribution in [2.45, 2.75) is 22.6 Å². The largest absolute Gasteiger partial charge is 0.316 e. The van der Waals surface area contributed by atoms with Gasteiger partial charge in [0, 0.05) is 24.5 Å². The molecule has 0 radical (unpaired) electrons. The molecule has 2 saturated heterocycles. The Morgan fingerprint density at radius 2 is 2.14 bits per heavy atom. The molecule has 21 heavy (non-hydrogen) atoms. The fraction of sp³-hybridized carbons (Fsp3) is 0.571. The maximum Gasteiger partial charge on any atom is 0.243 e. The summed E-state index contributed by atoms with van der Waals surface area (Å²) < 4.78 is 27.1. The van der Waals surface area contributed by atoms with Crippen LogP contribution < -0.4 is 5.32 Å². The van der Waals surface area contributed by atoms with Crippen LogP contribution in [0.5, 0.6) is 0 Å². The van der Waals surface area contributed by atoms with Gasteiger partial charge in [-0.15, -0.1) is 24.2 Å². The summed E-state index contributed by atoms with van der Waals surface area (Å²) in [5.74, 6) is 0. The molecule has 1 unspecified atom stereocenters. The molecule has 2 aliphatic rings. The lowest BCUT2D eigenvalue weighted by molar-refractivity contribution is 0.338. The molecule has 118 valence electrons. The van der Waals surface area contributed by atoms with Crippen molar-refractivity contribution in [1.82, 2.24) is 9.62 Å². The predicted molar refractivity (Wildman–Crippen MR) is 88.8 cm³/mol. The Balaban J connectivity index is 0.00000161. The molecule has 1 aromatic carbocycles. The maximum atomic E-state index is 12.7. The number of hydrogen-bond acceptors (Lipinski definition) is 4. The van der Waals surface area contributed by atoms with E-state index >= 15 is 0 Å². The molecule has 1 aromatic rings. The highest BCUT2D eigenvalue weighted by Gasteiger charge is 2.44. The Hall–Kier alpha value is -0.270. The lowest BCUT2D eigenvalue weighted by Crippen LogP contribution is -2.33. The number of nitrogens with zero attached hydrogens (tertiary/aromatic N) is 1. The summed E-state index contributed by atoms with van der Waals surface area (Å²) >= 11 is 1.57. The molecule has 1 N–H and O–H groups in total. The molecule has 2 heterocycles. The van der Waals surface area contributed by atoms with Crippen molar-refractivity contribution in [2.75, 3.05) is 32.4 Å². The average Bonchev–Trinajstić information content (AvgIpc) is 3.10. The standard InChI is InChI=1S/C14H20N2O2S2.ClH/c1-19-12-3-2-4-13(9-12)20(17,18)16-8-6-14(11-16)5-7-15-10-14;/h2-4,9,15H,5-8,10-11H2,1H3;1H. The van der Waals surface area contributed by atoms with Gasteiger partial charge in [0.15, 0.2) is 0 Å². The van der Waals surface area contributed by atoms with E-state index in [0.29, 0.717) is 18.0 Å². The first-order valence-electron chi connectivity index (χ1n) is 6.91. The van der Waals surface area contributed by atoms with Crippen LogP contribution in [0.25, 0.3) is 0 Å². The fourth-order valence-electron chi connectivity index (χ4n) is 3.15. The number of sulfonamides is 1. The van der Waals surface area contributed by atoms with Gasteiger partial charge in [0.25, 0.3) is 0 Å². The topological polar surface area (TPSA) is 49.4 Å². The third-order valence-corrected chi connectivity index (χ3v) is 6.98. The van der Waals surface area contributed by atoms with Crippen LogP contribution >= 0.6 is 24.2 Å². The van der Waals surface area contributed by atoms with Crippen LogP contribution in [0.1, 0.15) is 12.8 Å². The highest BCUT2D eigenvalue weighted by molar-refractivity contribution is 7.98. The van der Waals surface area contributed by atoms with Crippen LogP contribution in [0.4, 0.5) is 0 Å². The van der Waals surface area contributed by atoms with Crippen molar-refractivity contribution in [3.8, 4) is 0 Å². The predicted octanol–water partition coefficient (Wildman–Crippen LogP) is 2.20. The molecule has 0 saturated carbocycles. The second kappa shape index (κ2) is 6.46. The van der Waals surface area contributed by atoms with Crippen LogP contribution in [0, 0.1) is 5.41 Å². The molecule has 0 bridgehead atoms. The van der Waals surface area contributed by atoms with E-state index in [9.17, 15) is 8.42 Å². The zero-order valence-electron chi connectivity index (χ0n) is 12.0. The summed E-state index contributed by atoms with van der Waals surface area (Å²) in [5.41, 5.74) is 0.171. The van der Waals surface area contributed by atoms with Gasteiger partial charge in [0.1, 0.15) is 0 Å². The van der Waals surface area contributed by atoms with Crippen LogP contribution in [0.3, 0.4) is 0 Å². The van der Waals surface area contributed by atoms with Crippen molar-refractivity contribution >= 4 is 34.2 Å². The molecule has 3 rings (SSSR count). The normalized spacial score (nSPS) is 26.1. The third-order valence-electron chi connectivity index (χ3n) is 4.41. The molecule has 1 atom stereocenters. The Morgan fingerprint density at radius 3 is 2.81 bits per heavy atom. The quantitative estimate of drug-likeness (QED) is 0.851. The second-order valence-corrected chi connectivity index (χ2v) is 8.51. The zero-order chi connectivity index (χ0) is 14.2. The molecular formula is C14H21ClN2O2S2. The molecule has 0 aromatic heterocycles. The van der Waals surface area contributed by atoms with Crippen molar-refractivity contribution in [1.29, 1.82) is 0 Å². The molecule has 0 aliphatic carbocycles. The van der Waals surface area contributed by atoms with Gasteiger partial charge in [-0.05, 0) is 49.3 Å². The Kier molecular flexibility index (Phi) is 5.26. The summed E-state index contributed by atoms with van der Waals surface area (Å²) in [7, 11) is -3.34. The molecule has 2 fully saturated rings. The highest BCUT2D eigenvalue weighted by Crippen LogP contribution is 2.38. The lowest BCUT2D eigenvalue weighted by atomic mass is 9.87. The van der Waals surface area contributed by atoms with E-state index in [-0.39, 0.29) is 17.8 Å². The minimum atomic E-state index is -3.34. The van der Waals surface area contributed by atoms with Gasteiger partial charge in [0.05, 0.1) is 4.90 Å². The molecule has 0 amide bonds. The molecular weight excluding hydrogens is 328 g/mol. The van der Waals surface area contributed by atoms with Crippen LogP contribution in [0.2, 0.25) is 0 Å². The van der Waals surface area contributed by atoms with Gasteiger partial charge in [-0.2, -0.15) is 4.31 Å². The first-order valence-corrected chi connectivity index (χ1v) is 9.57. The van der Waals surface area contributed by atoms with E-state index in [1.807, 2.05) is 18.4 Å². The molecule has 2 aliphatic heterocycles. The van der Waals surface area contributed by atoms with Crippen LogP contribution in [0.15, 0.2) is 34.1 Å². The van der Waals surface area contributed by atoms with Gasteiger partial charge in [-0.1, -0.05) is 6.07 Å². The second-order valence-electron chi connectivity index (χ2n) is 5.69. The average molecular weight is 349 g/mol. The first-order chi connectivity index (χ1) is 9.56. The Bertz CT molecular complexity index is 601. The van der Waals surface area contributed by atoms with Crippen molar-refractivity contribution in [2.24, 2.45) is 5.41 Å². The van der Waals surface area contributed by atoms with Crippen LogP contribution in [-0.2, 0) is 10.0 Å². The van der Waals surface area contributed by atoms with Crippen molar-refractivity contribution in [3.05, 3.63) is 24.3 Å². The fourth-order valence-corrected chi connectivity index (χ4v) is 5.29. The van der Waals surface area contributed by atoms with E-state index in [2.05, 4.69) is 5.32 Å². The Morgan fingerprint density at radius 1 is 1.33 bits per heavy atom. The van der Waals surface area contributed by atoms with Gasteiger partial charge in [0.2, 0.25) is 10.0 Å². The summed E-state index contributed by atoms with van der Waals surface area (Å²) in [6.45, 7) is 3.26. The van der Waals surface area contributed by atoms with Crippen molar-refractivity contribution in [3.63, 3.8) is 0 Å². The summed E-state index contributed by atoms with van der Waals surface area (Å²) in [6.07, 6.45) is 4.02. The number of hydrogen-bond donors (Lipinski definition) is 1. The number of rotatable bonds is 3. The number of benzene rings is 1. The van der Waals surface area contributed by atoms with Gasteiger partial charge >= 0.3 is 0 Å². The summed E-state index contributed by atoms with van der Waals surface area (Å²) in [5, 5.41) is 3.36. The minimum absolute atomic E-state index is 0. The highest BCUT2D eigenvalue weighted by atomic mass is 35.5. The lowest BCUT2D eigenvalue weighted by Gasteiger charge is -2.22. The smallest absolute Gasteiger partial charge is 0.243 e. The monoisotopic (exact) mass is 348 g/mol. The van der Waals surface area contributed by atoms with E-state index in [1.54, 1.807) is 28.2 Å².